The van der Waals surface area contributed by atoms with Crippen LogP contribution >= 0.6 is 0 Å². The highest BCUT2D eigenvalue weighted by Gasteiger charge is 2.14. The van der Waals surface area contributed by atoms with Crippen molar-refractivity contribution in [1.29, 1.82) is 0 Å². The summed E-state index contributed by atoms with van der Waals surface area (Å²) in [5, 5.41) is 14.5. The van der Waals surface area contributed by atoms with Gasteiger partial charge >= 0.3 is 5.97 Å². The number of benzene rings is 2. The Morgan fingerprint density at radius 1 is 1.10 bits per heavy atom. The van der Waals surface area contributed by atoms with Crippen molar-refractivity contribution in [3.63, 3.8) is 0 Å². The monoisotopic (exact) mass is 395 g/mol. The second kappa shape index (κ2) is 8.38. The van der Waals surface area contributed by atoms with Gasteiger partial charge in [0.1, 0.15) is 0 Å². The van der Waals surface area contributed by atoms with Gasteiger partial charge in [-0.05, 0) is 22.9 Å². The van der Waals surface area contributed by atoms with Crippen molar-refractivity contribution in [1.82, 2.24) is 25.5 Å². The lowest BCUT2D eigenvalue weighted by Gasteiger charge is -2.07. The van der Waals surface area contributed by atoms with Gasteiger partial charge in [-0.25, -0.2) is 4.79 Å². The zero-order valence-corrected chi connectivity index (χ0v) is 15.3. The summed E-state index contributed by atoms with van der Waals surface area (Å²) in [4.78, 5) is 24.9. The van der Waals surface area contributed by atoms with Crippen LogP contribution in [0.3, 0.4) is 0 Å². The third-order valence-electron chi connectivity index (χ3n) is 4.05. The summed E-state index contributed by atoms with van der Waals surface area (Å²) in [5.74, 6) is 0.650. The second-order valence-corrected chi connectivity index (χ2v) is 6.13. The Bertz CT molecular complexity index is 1020. The highest BCUT2D eigenvalue weighted by atomic mass is 16.7. The molecule has 1 amide bonds. The number of aromatic nitrogens is 4. The quantitative estimate of drug-likeness (QED) is 0.587. The maximum absolute atomic E-state index is 11.9. The van der Waals surface area contributed by atoms with Gasteiger partial charge in [0.2, 0.25) is 12.6 Å². The molecule has 10 heteroatoms. The molecule has 0 saturated heterocycles. The normalized spacial score (nSPS) is 11.9. The number of nitrogens with one attached hydrogen (secondary N) is 1. The van der Waals surface area contributed by atoms with Crippen LogP contribution in [0.1, 0.15) is 5.56 Å². The van der Waals surface area contributed by atoms with Crippen LogP contribution in [-0.2, 0) is 27.4 Å². The minimum absolute atomic E-state index is 0.189. The van der Waals surface area contributed by atoms with E-state index in [1.165, 1.54) is 0 Å². The number of nitrogens with zero attached hydrogens (tertiary/aromatic N) is 4. The minimum atomic E-state index is -0.639. The van der Waals surface area contributed by atoms with Crippen molar-refractivity contribution in [2.24, 2.45) is 0 Å². The van der Waals surface area contributed by atoms with Gasteiger partial charge in [-0.15, -0.1) is 10.2 Å². The molecule has 0 bridgehead atoms. The standard InChI is InChI=1S/C19H17N5O5/c25-17(20-9-13-6-7-15-16(8-13)29-12-28-15)11-27-18(26)10-24-22-19(21-23-24)14-4-2-1-3-5-14/h1-8H,9-12H2,(H,20,25). The molecule has 29 heavy (non-hydrogen) atoms. The first-order valence-electron chi connectivity index (χ1n) is 8.81. The molecule has 3 aromatic rings. The minimum Gasteiger partial charge on any atom is -0.454 e. The highest BCUT2D eigenvalue weighted by Crippen LogP contribution is 2.32. The molecular weight excluding hydrogens is 378 g/mol. The average Bonchev–Trinajstić information content (AvgIpc) is 3.40. The molecule has 2 heterocycles. The van der Waals surface area contributed by atoms with Crippen LogP contribution in [0.25, 0.3) is 11.4 Å². The highest BCUT2D eigenvalue weighted by molar-refractivity contribution is 5.80. The van der Waals surface area contributed by atoms with Crippen LogP contribution in [0.15, 0.2) is 48.5 Å². The molecule has 0 spiro atoms. The molecule has 0 fully saturated rings. The lowest BCUT2D eigenvalue weighted by Crippen LogP contribution is -2.29. The summed E-state index contributed by atoms with van der Waals surface area (Å²) < 4.78 is 15.5. The molecule has 0 aliphatic carbocycles. The number of carbonyl (C=O) groups is 2. The van der Waals surface area contributed by atoms with Crippen molar-refractivity contribution in [2.75, 3.05) is 13.4 Å². The summed E-state index contributed by atoms with van der Waals surface area (Å²) in [5.41, 5.74) is 1.63. The van der Waals surface area contributed by atoms with E-state index in [2.05, 4.69) is 20.7 Å². The fourth-order valence-electron chi connectivity index (χ4n) is 2.62. The Balaban J connectivity index is 1.21. The molecular formula is C19H17N5O5. The first-order chi connectivity index (χ1) is 14.2. The number of amides is 1. The van der Waals surface area contributed by atoms with Crippen LogP contribution in [0.5, 0.6) is 11.5 Å². The van der Waals surface area contributed by atoms with Gasteiger partial charge in [0.15, 0.2) is 24.7 Å². The predicted molar refractivity (Wildman–Crippen MR) is 98.6 cm³/mol. The van der Waals surface area contributed by atoms with Crippen molar-refractivity contribution in [2.45, 2.75) is 13.1 Å². The lowest BCUT2D eigenvalue weighted by atomic mass is 10.2. The Kier molecular flexibility index (Phi) is 5.32. The summed E-state index contributed by atoms with van der Waals surface area (Å²) >= 11 is 0. The first kappa shape index (κ1) is 18.4. The lowest BCUT2D eigenvalue weighted by molar-refractivity contribution is -0.149. The van der Waals surface area contributed by atoms with E-state index in [1.807, 2.05) is 36.4 Å². The van der Waals surface area contributed by atoms with E-state index in [9.17, 15) is 9.59 Å². The molecule has 1 aliphatic heterocycles. The summed E-state index contributed by atoms with van der Waals surface area (Å²) in [6.07, 6.45) is 0. The molecule has 0 radical (unpaired) electrons. The summed E-state index contributed by atoms with van der Waals surface area (Å²) in [7, 11) is 0. The fourth-order valence-corrected chi connectivity index (χ4v) is 2.62. The molecule has 2 aromatic carbocycles. The fraction of sp³-hybridized carbons (Fsp3) is 0.211. The number of ether oxygens (including phenoxy) is 3. The zero-order chi connectivity index (χ0) is 20.1. The first-order valence-corrected chi connectivity index (χ1v) is 8.81. The zero-order valence-electron chi connectivity index (χ0n) is 15.3. The Labute approximate surface area is 165 Å². The van der Waals surface area contributed by atoms with Crippen LogP contribution in [0, 0.1) is 0 Å². The van der Waals surface area contributed by atoms with Crippen molar-refractivity contribution in [3.8, 4) is 22.9 Å². The number of carbonyl (C=O) groups excluding carboxylic acids is 2. The molecule has 0 atom stereocenters. The van der Waals surface area contributed by atoms with Crippen LogP contribution < -0.4 is 14.8 Å². The topological polar surface area (TPSA) is 117 Å². The van der Waals surface area contributed by atoms with Crippen molar-refractivity contribution in [3.05, 3.63) is 54.1 Å². The smallest absolute Gasteiger partial charge is 0.330 e. The van der Waals surface area contributed by atoms with E-state index in [0.717, 1.165) is 15.9 Å². The maximum atomic E-state index is 11.9. The van der Waals surface area contributed by atoms with Gasteiger partial charge in [0.05, 0.1) is 0 Å². The molecule has 1 N–H and O–H groups in total. The number of hydrogen-bond acceptors (Lipinski definition) is 8. The third kappa shape index (κ3) is 4.67. The van der Waals surface area contributed by atoms with Crippen LogP contribution in [0.2, 0.25) is 0 Å². The number of esters is 1. The molecule has 148 valence electrons. The van der Waals surface area contributed by atoms with E-state index >= 15 is 0 Å². The van der Waals surface area contributed by atoms with Crippen molar-refractivity contribution >= 4 is 11.9 Å². The molecule has 10 nitrogen and oxygen atoms in total. The number of fused-ring (bicyclic) bond motifs is 1. The van der Waals surface area contributed by atoms with Crippen LogP contribution in [-0.4, -0.2) is 45.5 Å². The molecule has 4 rings (SSSR count). The SMILES string of the molecule is O=C(COC(=O)Cn1nnc(-c2ccccc2)n1)NCc1ccc2c(c1)OCO2. The summed E-state index contributed by atoms with van der Waals surface area (Å²) in [6.45, 7) is -0.175. The van der Waals surface area contributed by atoms with E-state index in [1.54, 1.807) is 12.1 Å². The van der Waals surface area contributed by atoms with Gasteiger partial charge in [-0.3, -0.25) is 4.79 Å². The maximum Gasteiger partial charge on any atom is 0.330 e. The van der Waals surface area contributed by atoms with Gasteiger partial charge in [0.25, 0.3) is 5.91 Å². The molecule has 0 unspecified atom stereocenters. The third-order valence-corrected chi connectivity index (χ3v) is 4.05. The predicted octanol–water partition coefficient (Wildman–Crippen LogP) is 0.928. The second-order valence-electron chi connectivity index (χ2n) is 6.13. The number of hydrogen-bond donors (Lipinski definition) is 1. The van der Waals surface area contributed by atoms with Gasteiger partial charge in [0, 0.05) is 12.1 Å². The Hall–Kier alpha value is -3.95. The van der Waals surface area contributed by atoms with E-state index in [-0.39, 0.29) is 19.9 Å². The Morgan fingerprint density at radius 3 is 2.79 bits per heavy atom. The number of tetrazole rings is 1. The van der Waals surface area contributed by atoms with Crippen LogP contribution in [0.4, 0.5) is 0 Å². The van der Waals surface area contributed by atoms with Gasteiger partial charge < -0.3 is 19.5 Å². The van der Waals surface area contributed by atoms with Crippen molar-refractivity contribution < 1.29 is 23.8 Å². The van der Waals surface area contributed by atoms with Gasteiger partial charge in [-0.2, -0.15) is 4.80 Å². The molecule has 0 saturated carbocycles. The molecule has 1 aromatic heterocycles. The van der Waals surface area contributed by atoms with E-state index < -0.39 is 18.5 Å². The van der Waals surface area contributed by atoms with Gasteiger partial charge in [-0.1, -0.05) is 36.4 Å². The number of rotatable bonds is 7. The largest absolute Gasteiger partial charge is 0.454 e. The van der Waals surface area contributed by atoms with E-state index in [0.29, 0.717) is 17.3 Å². The summed E-state index contributed by atoms with van der Waals surface area (Å²) in [6, 6.07) is 14.6. The van der Waals surface area contributed by atoms with E-state index in [4.69, 9.17) is 14.2 Å². The molecule has 1 aliphatic rings. The average molecular weight is 395 g/mol. The Morgan fingerprint density at radius 2 is 1.93 bits per heavy atom.